The van der Waals surface area contributed by atoms with Crippen LogP contribution in [0, 0.1) is 0 Å². The van der Waals surface area contributed by atoms with Crippen molar-refractivity contribution in [1.82, 2.24) is 14.5 Å². The minimum absolute atomic E-state index is 0.191. The predicted octanol–water partition coefficient (Wildman–Crippen LogP) is 9.21. The van der Waals surface area contributed by atoms with Gasteiger partial charge in [-0.25, -0.2) is 9.78 Å². The van der Waals surface area contributed by atoms with Gasteiger partial charge < -0.3 is 15.0 Å². The Morgan fingerprint density at radius 1 is 0.864 bits per heavy atom. The molecule has 0 spiro atoms. The zero-order valence-corrected chi connectivity index (χ0v) is 27.4. The summed E-state index contributed by atoms with van der Waals surface area (Å²) in [6.07, 6.45) is 4.05. The summed E-state index contributed by atoms with van der Waals surface area (Å²) in [4.78, 5) is 35.4. The monoisotopic (exact) mass is 596 g/mol. The smallest absolute Gasteiger partial charge is 0.322 e. The summed E-state index contributed by atoms with van der Waals surface area (Å²) in [5, 5.41) is 3.84. The number of benzene rings is 3. The van der Waals surface area contributed by atoms with E-state index in [1.807, 2.05) is 61.2 Å². The van der Waals surface area contributed by atoms with Gasteiger partial charge in [0.05, 0.1) is 29.2 Å². The van der Waals surface area contributed by atoms with Crippen LogP contribution >= 0.6 is 0 Å². The topological polar surface area (TPSA) is 76.5 Å². The Morgan fingerprint density at radius 3 is 2.18 bits per heavy atom. The van der Waals surface area contributed by atoms with Gasteiger partial charge in [-0.2, -0.15) is 0 Å². The maximum Gasteiger partial charge on any atom is 0.322 e. The van der Waals surface area contributed by atoms with E-state index in [1.165, 1.54) is 0 Å². The molecule has 0 fully saturated rings. The van der Waals surface area contributed by atoms with E-state index in [2.05, 4.69) is 58.1 Å². The van der Waals surface area contributed by atoms with Crippen molar-refractivity contribution >= 4 is 22.6 Å². The molecule has 1 atom stereocenters. The normalized spacial score (nSPS) is 12.1. The second-order valence-electron chi connectivity index (χ2n) is 12.0. The lowest BCUT2D eigenvalue weighted by atomic mass is 9.92. The number of nitrogens with zero attached hydrogens (tertiary/aromatic N) is 3. The molecule has 44 heavy (non-hydrogen) atoms. The zero-order chi connectivity index (χ0) is 31.8. The molecule has 7 nitrogen and oxygen atoms in total. The fourth-order valence-corrected chi connectivity index (χ4v) is 5.78. The maximum absolute atomic E-state index is 14.4. The van der Waals surface area contributed by atoms with Gasteiger partial charge >= 0.3 is 6.03 Å². The van der Waals surface area contributed by atoms with Gasteiger partial charge in [-0.15, -0.1) is 0 Å². The molecule has 1 aromatic heterocycles. The Kier molecular flexibility index (Phi) is 11.2. The number of ether oxygens (including phenoxy) is 1. The zero-order valence-electron chi connectivity index (χ0n) is 27.4. The molecule has 0 saturated heterocycles. The van der Waals surface area contributed by atoms with E-state index < -0.39 is 6.04 Å². The lowest BCUT2D eigenvalue weighted by Gasteiger charge is -2.32. The molecule has 234 valence electrons. The summed E-state index contributed by atoms with van der Waals surface area (Å²) >= 11 is 0. The second kappa shape index (κ2) is 15.0. The van der Waals surface area contributed by atoms with Crippen LogP contribution in [0.2, 0.25) is 0 Å². The van der Waals surface area contributed by atoms with Gasteiger partial charge in [0.15, 0.2) is 0 Å². The number of carbonyl (C=O) groups is 1. The van der Waals surface area contributed by atoms with Gasteiger partial charge in [-0.05, 0) is 67.5 Å². The molecule has 1 N–H and O–H groups in total. The van der Waals surface area contributed by atoms with Gasteiger partial charge in [-0.1, -0.05) is 96.3 Å². The van der Waals surface area contributed by atoms with E-state index in [0.717, 1.165) is 42.5 Å². The highest BCUT2D eigenvalue weighted by Crippen LogP contribution is 2.34. The molecule has 0 radical (unpaired) electrons. The second-order valence-corrected chi connectivity index (χ2v) is 12.0. The van der Waals surface area contributed by atoms with Gasteiger partial charge in [0.2, 0.25) is 0 Å². The van der Waals surface area contributed by atoms with Crippen molar-refractivity contribution in [1.29, 1.82) is 0 Å². The first-order chi connectivity index (χ1) is 21.2. The van der Waals surface area contributed by atoms with Crippen LogP contribution in [0.1, 0.15) is 109 Å². The van der Waals surface area contributed by atoms with Gasteiger partial charge in [0, 0.05) is 12.2 Å². The fraction of sp³-hybridized carbons (Fsp3) is 0.432. The molecule has 3 aromatic carbocycles. The van der Waals surface area contributed by atoms with Crippen molar-refractivity contribution in [2.24, 2.45) is 0 Å². The highest BCUT2D eigenvalue weighted by molar-refractivity contribution is 5.92. The Balaban J connectivity index is 1.87. The minimum Gasteiger partial charge on any atom is -0.492 e. The Labute approximate surface area is 262 Å². The van der Waals surface area contributed by atoms with E-state index in [0.29, 0.717) is 41.3 Å². The molecule has 4 aromatic rings. The van der Waals surface area contributed by atoms with Crippen LogP contribution in [0.15, 0.2) is 71.5 Å². The van der Waals surface area contributed by atoms with Crippen molar-refractivity contribution in [3.05, 3.63) is 94.0 Å². The van der Waals surface area contributed by atoms with Gasteiger partial charge in [0.1, 0.15) is 11.6 Å². The van der Waals surface area contributed by atoms with Crippen molar-refractivity contribution in [2.45, 2.75) is 92.0 Å². The standard InChI is InChI=1S/C37H48N4O3/c1-8-10-11-16-24-40(37(43)39-34-28(25(3)4)19-17-20-29(34)26(5)6)27(7)35-38-31-21-13-12-18-30(31)36(42)41(35)32-22-14-15-23-33(32)44-9-2/h12-15,17-23,25-27H,8-11,16,24H2,1-7H3,(H,39,43). The third kappa shape index (κ3) is 7.15. The number of anilines is 1. The third-order valence-electron chi connectivity index (χ3n) is 8.17. The Bertz CT molecular complexity index is 1600. The first kappa shape index (κ1) is 32.8. The van der Waals surface area contributed by atoms with Crippen molar-refractivity contribution in [3.63, 3.8) is 0 Å². The molecular formula is C37H48N4O3. The predicted molar refractivity (Wildman–Crippen MR) is 181 cm³/mol. The molecule has 0 bridgehead atoms. The van der Waals surface area contributed by atoms with Crippen LogP contribution in [0.25, 0.3) is 16.6 Å². The first-order valence-electron chi connectivity index (χ1n) is 16.1. The summed E-state index contributed by atoms with van der Waals surface area (Å²) in [5.41, 5.74) is 4.10. The van der Waals surface area contributed by atoms with Crippen LogP contribution in [0.3, 0.4) is 0 Å². The van der Waals surface area contributed by atoms with E-state index >= 15 is 0 Å². The quantitative estimate of drug-likeness (QED) is 0.156. The molecule has 7 heteroatoms. The molecule has 0 aliphatic carbocycles. The molecular weight excluding hydrogens is 548 g/mol. The largest absolute Gasteiger partial charge is 0.492 e. The lowest BCUT2D eigenvalue weighted by Crippen LogP contribution is -2.41. The van der Waals surface area contributed by atoms with E-state index in [-0.39, 0.29) is 23.4 Å². The fourth-order valence-electron chi connectivity index (χ4n) is 5.78. The average molecular weight is 597 g/mol. The van der Waals surface area contributed by atoms with Gasteiger partial charge in [-0.3, -0.25) is 9.36 Å². The van der Waals surface area contributed by atoms with Crippen LogP contribution in [-0.2, 0) is 0 Å². The number of unbranched alkanes of at least 4 members (excludes halogenated alkanes) is 3. The van der Waals surface area contributed by atoms with Crippen molar-refractivity contribution < 1.29 is 9.53 Å². The number of fused-ring (bicyclic) bond motifs is 1. The van der Waals surface area contributed by atoms with Gasteiger partial charge in [0.25, 0.3) is 5.56 Å². The summed E-state index contributed by atoms with van der Waals surface area (Å²) < 4.78 is 7.59. The molecule has 1 unspecified atom stereocenters. The van der Waals surface area contributed by atoms with Crippen LogP contribution in [-0.4, -0.2) is 33.6 Å². The van der Waals surface area contributed by atoms with Crippen molar-refractivity contribution in [3.8, 4) is 11.4 Å². The summed E-state index contributed by atoms with van der Waals surface area (Å²) in [5.74, 6) is 1.56. The van der Waals surface area contributed by atoms with E-state index in [9.17, 15) is 9.59 Å². The van der Waals surface area contributed by atoms with Crippen LogP contribution < -0.4 is 15.6 Å². The summed E-state index contributed by atoms with van der Waals surface area (Å²) in [6, 6.07) is 20.4. The lowest BCUT2D eigenvalue weighted by molar-refractivity contribution is 0.187. The third-order valence-corrected chi connectivity index (χ3v) is 8.17. The van der Waals surface area contributed by atoms with Crippen LogP contribution in [0.4, 0.5) is 10.5 Å². The number of para-hydroxylation sites is 4. The Morgan fingerprint density at radius 2 is 1.52 bits per heavy atom. The average Bonchev–Trinajstić information content (AvgIpc) is 3.01. The molecule has 2 amide bonds. The highest BCUT2D eigenvalue weighted by atomic mass is 16.5. The first-order valence-corrected chi connectivity index (χ1v) is 16.1. The van der Waals surface area contributed by atoms with E-state index in [1.54, 1.807) is 10.6 Å². The van der Waals surface area contributed by atoms with Crippen LogP contribution in [0.5, 0.6) is 5.75 Å². The number of nitrogens with one attached hydrogen (secondary N) is 1. The summed E-state index contributed by atoms with van der Waals surface area (Å²) in [7, 11) is 0. The Hall–Kier alpha value is -4.13. The van der Waals surface area contributed by atoms with E-state index in [4.69, 9.17) is 9.72 Å². The number of hydrogen-bond acceptors (Lipinski definition) is 4. The number of urea groups is 1. The SMILES string of the molecule is CCCCCCN(C(=O)Nc1c(C(C)C)cccc1C(C)C)C(C)c1nc2ccccc2c(=O)n1-c1ccccc1OCC. The van der Waals surface area contributed by atoms with Crippen molar-refractivity contribution in [2.75, 3.05) is 18.5 Å². The number of amides is 2. The number of rotatable bonds is 13. The molecule has 4 rings (SSSR count). The summed E-state index contributed by atoms with van der Waals surface area (Å²) in [6.45, 7) is 15.6. The molecule has 0 aliphatic heterocycles. The highest BCUT2D eigenvalue weighted by Gasteiger charge is 2.29. The molecule has 0 saturated carbocycles. The maximum atomic E-state index is 14.4. The molecule has 0 aliphatic rings. The number of carbonyl (C=O) groups excluding carboxylic acids is 1. The molecule has 1 heterocycles. The minimum atomic E-state index is -0.516. The number of aromatic nitrogens is 2. The number of hydrogen-bond donors (Lipinski definition) is 1.